The van der Waals surface area contributed by atoms with Crippen molar-refractivity contribution >= 4 is 0 Å². The molecule has 1 aliphatic heterocycles. The second kappa shape index (κ2) is 6.93. The normalized spacial score (nSPS) is 20.0. The van der Waals surface area contributed by atoms with E-state index in [-0.39, 0.29) is 0 Å². The fourth-order valence-electron chi connectivity index (χ4n) is 3.69. The molecule has 0 saturated heterocycles. The lowest BCUT2D eigenvalue weighted by Gasteiger charge is -2.23. The number of fused-ring (bicyclic) bond motifs is 1. The summed E-state index contributed by atoms with van der Waals surface area (Å²) >= 11 is 0. The Morgan fingerprint density at radius 3 is 2.86 bits per heavy atom. The van der Waals surface area contributed by atoms with Crippen LogP contribution in [0, 0.1) is 0 Å². The SMILES string of the molecule is CC(C)OCCn1c(C2CCCCC2)nc2c1CCNC2. The molecule has 4 heteroatoms. The number of hydrogen-bond acceptors (Lipinski definition) is 3. The summed E-state index contributed by atoms with van der Waals surface area (Å²) in [6.45, 7) is 7.99. The zero-order valence-electron chi connectivity index (χ0n) is 13.5. The van der Waals surface area contributed by atoms with Gasteiger partial charge >= 0.3 is 0 Å². The second-order valence-electron chi connectivity index (χ2n) is 6.70. The van der Waals surface area contributed by atoms with Crippen molar-refractivity contribution in [1.29, 1.82) is 0 Å². The number of imidazole rings is 1. The summed E-state index contributed by atoms with van der Waals surface area (Å²) in [5.41, 5.74) is 2.74. The van der Waals surface area contributed by atoms with E-state index in [9.17, 15) is 0 Å². The molecular weight excluding hydrogens is 262 g/mol. The van der Waals surface area contributed by atoms with Gasteiger partial charge in [-0.05, 0) is 26.7 Å². The minimum Gasteiger partial charge on any atom is -0.377 e. The Kier molecular flexibility index (Phi) is 4.96. The summed E-state index contributed by atoms with van der Waals surface area (Å²) in [6.07, 6.45) is 8.17. The molecule has 2 heterocycles. The Hall–Kier alpha value is -0.870. The van der Waals surface area contributed by atoms with E-state index in [0.29, 0.717) is 12.0 Å². The molecule has 1 N–H and O–H groups in total. The van der Waals surface area contributed by atoms with Gasteiger partial charge in [-0.1, -0.05) is 19.3 Å². The fraction of sp³-hybridized carbons (Fsp3) is 0.824. The number of rotatable bonds is 5. The molecule has 1 fully saturated rings. The van der Waals surface area contributed by atoms with Crippen LogP contribution in [0.5, 0.6) is 0 Å². The van der Waals surface area contributed by atoms with Gasteiger partial charge < -0.3 is 14.6 Å². The Bertz CT molecular complexity index is 461. The Morgan fingerprint density at radius 2 is 2.10 bits per heavy atom. The minimum absolute atomic E-state index is 0.309. The molecule has 0 atom stereocenters. The average molecular weight is 291 g/mol. The highest BCUT2D eigenvalue weighted by atomic mass is 16.5. The molecule has 4 nitrogen and oxygen atoms in total. The van der Waals surface area contributed by atoms with Gasteiger partial charge in [-0.25, -0.2) is 4.98 Å². The molecule has 0 bridgehead atoms. The highest BCUT2D eigenvalue weighted by molar-refractivity contribution is 5.22. The van der Waals surface area contributed by atoms with E-state index in [2.05, 4.69) is 23.7 Å². The van der Waals surface area contributed by atoms with E-state index in [0.717, 1.165) is 32.7 Å². The molecule has 118 valence electrons. The second-order valence-corrected chi connectivity index (χ2v) is 6.70. The van der Waals surface area contributed by atoms with Gasteiger partial charge in [-0.3, -0.25) is 0 Å². The highest BCUT2D eigenvalue weighted by Gasteiger charge is 2.26. The van der Waals surface area contributed by atoms with Crippen molar-refractivity contribution in [2.45, 2.75) is 77.5 Å². The van der Waals surface area contributed by atoms with Gasteiger partial charge in [0.05, 0.1) is 18.4 Å². The van der Waals surface area contributed by atoms with Crippen molar-refractivity contribution in [1.82, 2.24) is 14.9 Å². The summed E-state index contributed by atoms with van der Waals surface area (Å²) in [4.78, 5) is 5.02. The third-order valence-corrected chi connectivity index (χ3v) is 4.75. The summed E-state index contributed by atoms with van der Waals surface area (Å²) < 4.78 is 8.28. The molecule has 3 rings (SSSR count). The van der Waals surface area contributed by atoms with Crippen LogP contribution in [0.25, 0.3) is 0 Å². The summed E-state index contributed by atoms with van der Waals surface area (Å²) in [5, 5.41) is 3.45. The largest absolute Gasteiger partial charge is 0.377 e. The molecule has 1 saturated carbocycles. The molecular formula is C17H29N3O. The average Bonchev–Trinajstić information content (AvgIpc) is 2.87. The van der Waals surface area contributed by atoms with Crippen LogP contribution in [0.15, 0.2) is 0 Å². The van der Waals surface area contributed by atoms with Gasteiger partial charge in [0.1, 0.15) is 5.82 Å². The van der Waals surface area contributed by atoms with Crippen LogP contribution in [-0.2, 0) is 24.2 Å². The van der Waals surface area contributed by atoms with Crippen molar-refractivity contribution in [2.24, 2.45) is 0 Å². The number of nitrogens with zero attached hydrogens (tertiary/aromatic N) is 2. The van der Waals surface area contributed by atoms with Gasteiger partial charge in [0.2, 0.25) is 0 Å². The summed E-state index contributed by atoms with van der Waals surface area (Å²) in [7, 11) is 0. The van der Waals surface area contributed by atoms with Gasteiger partial charge in [0.15, 0.2) is 0 Å². The number of ether oxygens (including phenoxy) is 1. The van der Waals surface area contributed by atoms with E-state index in [1.807, 2.05) is 0 Å². The molecule has 0 amide bonds. The topological polar surface area (TPSA) is 39.1 Å². The standard InChI is InChI=1S/C17H29N3O/c1-13(2)21-11-10-20-16-8-9-18-12-15(16)19-17(20)14-6-4-3-5-7-14/h13-14,18H,3-12H2,1-2H3. The van der Waals surface area contributed by atoms with E-state index in [1.165, 1.54) is 49.3 Å². The number of aromatic nitrogens is 2. The molecule has 1 aliphatic carbocycles. The third-order valence-electron chi connectivity index (χ3n) is 4.75. The zero-order chi connectivity index (χ0) is 14.7. The monoisotopic (exact) mass is 291 g/mol. The van der Waals surface area contributed by atoms with Gasteiger partial charge in [-0.15, -0.1) is 0 Å². The molecule has 0 aromatic carbocycles. The quantitative estimate of drug-likeness (QED) is 0.906. The van der Waals surface area contributed by atoms with E-state index >= 15 is 0 Å². The van der Waals surface area contributed by atoms with Crippen LogP contribution in [0.4, 0.5) is 0 Å². The van der Waals surface area contributed by atoms with Crippen molar-refractivity contribution in [2.75, 3.05) is 13.2 Å². The van der Waals surface area contributed by atoms with Crippen LogP contribution in [0.1, 0.15) is 69.1 Å². The molecule has 1 aromatic heterocycles. The Balaban J connectivity index is 1.81. The zero-order valence-corrected chi connectivity index (χ0v) is 13.5. The summed E-state index contributed by atoms with van der Waals surface area (Å²) in [6, 6.07) is 0. The van der Waals surface area contributed by atoms with E-state index in [1.54, 1.807) is 0 Å². The van der Waals surface area contributed by atoms with Crippen molar-refractivity contribution in [3.05, 3.63) is 17.2 Å². The molecule has 21 heavy (non-hydrogen) atoms. The highest BCUT2D eigenvalue weighted by Crippen LogP contribution is 2.33. The lowest BCUT2D eigenvalue weighted by molar-refractivity contribution is 0.0716. The lowest BCUT2D eigenvalue weighted by atomic mass is 9.88. The molecule has 1 aromatic rings. The van der Waals surface area contributed by atoms with Gasteiger partial charge in [0.25, 0.3) is 0 Å². The molecule has 2 aliphatic rings. The van der Waals surface area contributed by atoms with Crippen molar-refractivity contribution in [3.63, 3.8) is 0 Å². The molecule has 0 unspecified atom stereocenters. The number of nitrogens with one attached hydrogen (secondary N) is 1. The van der Waals surface area contributed by atoms with Crippen molar-refractivity contribution < 1.29 is 4.74 Å². The van der Waals surface area contributed by atoms with Crippen LogP contribution in [0.2, 0.25) is 0 Å². The third kappa shape index (κ3) is 3.49. The first kappa shape index (κ1) is 15.0. The molecule has 0 radical (unpaired) electrons. The smallest absolute Gasteiger partial charge is 0.112 e. The van der Waals surface area contributed by atoms with Crippen LogP contribution >= 0.6 is 0 Å². The first-order valence-corrected chi connectivity index (χ1v) is 8.66. The predicted molar refractivity (Wildman–Crippen MR) is 84.6 cm³/mol. The maximum absolute atomic E-state index is 5.78. The van der Waals surface area contributed by atoms with E-state index in [4.69, 9.17) is 9.72 Å². The lowest BCUT2D eigenvalue weighted by Crippen LogP contribution is -2.26. The van der Waals surface area contributed by atoms with E-state index < -0.39 is 0 Å². The molecule has 0 spiro atoms. The predicted octanol–water partition coefficient (Wildman–Crippen LogP) is 3.00. The van der Waals surface area contributed by atoms with Gasteiger partial charge in [-0.2, -0.15) is 0 Å². The first-order valence-electron chi connectivity index (χ1n) is 8.66. The van der Waals surface area contributed by atoms with Crippen molar-refractivity contribution in [3.8, 4) is 0 Å². The first-order chi connectivity index (χ1) is 10.3. The van der Waals surface area contributed by atoms with Crippen LogP contribution < -0.4 is 5.32 Å². The Labute approximate surface area is 128 Å². The minimum atomic E-state index is 0.309. The maximum Gasteiger partial charge on any atom is 0.112 e. The van der Waals surface area contributed by atoms with Crippen LogP contribution in [-0.4, -0.2) is 28.8 Å². The van der Waals surface area contributed by atoms with Crippen LogP contribution in [0.3, 0.4) is 0 Å². The maximum atomic E-state index is 5.78. The fourth-order valence-corrected chi connectivity index (χ4v) is 3.69. The summed E-state index contributed by atoms with van der Waals surface area (Å²) in [5.74, 6) is 2.01. The number of hydrogen-bond donors (Lipinski definition) is 1. The Morgan fingerprint density at radius 1 is 1.29 bits per heavy atom. The van der Waals surface area contributed by atoms with Gasteiger partial charge in [0, 0.05) is 37.7 Å².